The van der Waals surface area contributed by atoms with Crippen LogP contribution in [-0.4, -0.2) is 6.71 Å². The minimum Gasteiger partial charge on any atom is -0.311 e. The number of nitrogens with zero attached hydrogens (tertiary/aromatic N) is 2. The van der Waals surface area contributed by atoms with Crippen molar-refractivity contribution in [3.8, 4) is 22.3 Å². The van der Waals surface area contributed by atoms with Crippen molar-refractivity contribution in [3.63, 3.8) is 0 Å². The van der Waals surface area contributed by atoms with Crippen LogP contribution in [0.4, 0.5) is 34.1 Å². The molecule has 0 radical (unpaired) electrons. The molecule has 3 heteroatoms. The fourth-order valence-corrected chi connectivity index (χ4v) is 10.9. The van der Waals surface area contributed by atoms with E-state index in [4.69, 9.17) is 0 Å². The lowest BCUT2D eigenvalue weighted by Crippen LogP contribution is -2.62. The molecule has 0 saturated carbocycles. The number of hydrogen-bond donors (Lipinski definition) is 0. The first kappa shape index (κ1) is 41.2. The number of fused-ring (bicyclic) bond motifs is 5. The van der Waals surface area contributed by atoms with E-state index in [0.717, 1.165) is 0 Å². The topological polar surface area (TPSA) is 6.48 Å². The zero-order valence-corrected chi connectivity index (χ0v) is 39.7. The largest absolute Gasteiger partial charge is 0.311 e. The van der Waals surface area contributed by atoms with Gasteiger partial charge < -0.3 is 9.80 Å². The van der Waals surface area contributed by atoms with Gasteiger partial charge in [-0.2, -0.15) is 0 Å². The Bertz CT molecular complexity index is 2940. The number of rotatable bonds is 4. The van der Waals surface area contributed by atoms with Gasteiger partial charge in [0.15, 0.2) is 0 Å². The Hall–Kier alpha value is -5.80. The van der Waals surface area contributed by atoms with Crippen molar-refractivity contribution >= 4 is 57.2 Å². The highest BCUT2D eigenvalue weighted by Gasteiger charge is 2.47. The minimum atomic E-state index is -0.00780. The van der Waals surface area contributed by atoms with Crippen LogP contribution in [-0.2, 0) is 21.7 Å². The smallest absolute Gasteiger partial charge is 0.252 e. The normalized spacial score (nSPS) is 16.0. The molecule has 0 fully saturated rings. The second-order valence-corrected chi connectivity index (χ2v) is 22.3. The Balaban J connectivity index is 1.34. The molecular formula is C60H63BN2. The van der Waals surface area contributed by atoms with E-state index in [9.17, 15) is 0 Å². The summed E-state index contributed by atoms with van der Waals surface area (Å²) in [6.07, 6.45) is 2.34. The predicted octanol–water partition coefficient (Wildman–Crippen LogP) is 14.7. The molecule has 2 nitrogen and oxygen atoms in total. The molecule has 3 aliphatic rings. The number of anilines is 6. The second-order valence-electron chi connectivity index (χ2n) is 22.3. The lowest BCUT2D eigenvalue weighted by atomic mass is 9.33. The molecule has 0 bridgehead atoms. The zero-order valence-electron chi connectivity index (χ0n) is 39.7. The van der Waals surface area contributed by atoms with Gasteiger partial charge in [0, 0.05) is 34.0 Å². The van der Waals surface area contributed by atoms with Crippen LogP contribution in [0.3, 0.4) is 0 Å². The van der Waals surface area contributed by atoms with Crippen molar-refractivity contribution < 1.29 is 0 Å². The van der Waals surface area contributed by atoms with Gasteiger partial charge in [0.2, 0.25) is 0 Å². The Labute approximate surface area is 378 Å². The standard InChI is InChI=1S/C60H63BN2/c1-38-31-54-56-55(32-38)63(51-28-25-44(58(6,7)8)35-45(51)41-21-17-14-18-22-41)52-26-23-42(40-19-15-13-16-20-40)34-48(52)61(56)49-36-46-47(60(11,12)30-29-59(46,9)10)37-53(49)62(54)50-27-24-43(33-39(50)2)57(3,4)5/h13-28,31-37H,29-30H2,1-12H3. The molecule has 0 saturated heterocycles. The summed E-state index contributed by atoms with van der Waals surface area (Å²) in [6, 6.07) is 54.0. The Morgan fingerprint density at radius 3 is 1.54 bits per heavy atom. The fourth-order valence-electron chi connectivity index (χ4n) is 10.9. The maximum atomic E-state index is 2.66. The van der Waals surface area contributed by atoms with Crippen molar-refractivity contribution in [2.75, 3.05) is 9.80 Å². The van der Waals surface area contributed by atoms with E-state index in [1.807, 2.05) is 0 Å². The summed E-state index contributed by atoms with van der Waals surface area (Å²) < 4.78 is 0. The van der Waals surface area contributed by atoms with Crippen LogP contribution in [0.15, 0.2) is 140 Å². The van der Waals surface area contributed by atoms with E-state index in [2.05, 4.69) is 232 Å². The molecule has 7 aromatic rings. The van der Waals surface area contributed by atoms with E-state index in [1.165, 1.54) is 119 Å². The first-order valence-electron chi connectivity index (χ1n) is 23.3. The maximum absolute atomic E-state index is 2.66. The molecule has 0 amide bonds. The van der Waals surface area contributed by atoms with Gasteiger partial charge >= 0.3 is 0 Å². The molecule has 316 valence electrons. The zero-order chi connectivity index (χ0) is 44.4. The van der Waals surface area contributed by atoms with Gasteiger partial charge in [-0.3, -0.25) is 0 Å². The van der Waals surface area contributed by atoms with Gasteiger partial charge in [-0.15, -0.1) is 0 Å². The molecular weight excluding hydrogens is 759 g/mol. The Morgan fingerprint density at radius 1 is 0.444 bits per heavy atom. The summed E-state index contributed by atoms with van der Waals surface area (Å²) in [5, 5.41) is 0. The van der Waals surface area contributed by atoms with Gasteiger partial charge in [0.25, 0.3) is 6.71 Å². The lowest BCUT2D eigenvalue weighted by Gasteiger charge is -2.48. The highest BCUT2D eigenvalue weighted by Crippen LogP contribution is 2.52. The van der Waals surface area contributed by atoms with Crippen molar-refractivity contribution in [1.82, 2.24) is 0 Å². The molecule has 2 heterocycles. The summed E-state index contributed by atoms with van der Waals surface area (Å²) >= 11 is 0. The quantitative estimate of drug-likeness (QED) is 0.163. The first-order chi connectivity index (χ1) is 29.8. The molecule has 10 rings (SSSR count). The van der Waals surface area contributed by atoms with Crippen LogP contribution >= 0.6 is 0 Å². The minimum absolute atomic E-state index is 0.00780. The monoisotopic (exact) mass is 823 g/mol. The van der Waals surface area contributed by atoms with E-state index >= 15 is 0 Å². The van der Waals surface area contributed by atoms with Gasteiger partial charge in [-0.1, -0.05) is 166 Å². The van der Waals surface area contributed by atoms with E-state index < -0.39 is 0 Å². The summed E-state index contributed by atoms with van der Waals surface area (Å²) in [4.78, 5) is 5.27. The first-order valence-corrected chi connectivity index (χ1v) is 23.3. The summed E-state index contributed by atoms with van der Waals surface area (Å²) in [6.45, 7) is 28.4. The van der Waals surface area contributed by atoms with Gasteiger partial charge in [0.1, 0.15) is 0 Å². The molecule has 0 N–H and O–H groups in total. The number of benzene rings is 7. The van der Waals surface area contributed by atoms with E-state index in [0.29, 0.717) is 0 Å². The van der Waals surface area contributed by atoms with Crippen LogP contribution in [0.25, 0.3) is 22.3 Å². The Kier molecular flexibility index (Phi) is 9.40. The molecule has 63 heavy (non-hydrogen) atoms. The molecule has 1 aliphatic carbocycles. The van der Waals surface area contributed by atoms with Crippen molar-refractivity contribution in [3.05, 3.63) is 173 Å². The van der Waals surface area contributed by atoms with Crippen molar-refractivity contribution in [2.45, 2.75) is 118 Å². The fraction of sp³-hybridized carbons (Fsp3) is 0.300. The van der Waals surface area contributed by atoms with Crippen molar-refractivity contribution in [2.24, 2.45) is 0 Å². The summed E-state index contributed by atoms with van der Waals surface area (Å²) in [7, 11) is 0. The second kappa shape index (κ2) is 14.4. The molecule has 7 aromatic carbocycles. The maximum Gasteiger partial charge on any atom is 0.252 e. The highest BCUT2D eigenvalue weighted by atomic mass is 15.2. The van der Waals surface area contributed by atoms with Crippen LogP contribution in [0, 0.1) is 13.8 Å². The molecule has 2 aliphatic heterocycles. The van der Waals surface area contributed by atoms with E-state index in [-0.39, 0.29) is 28.4 Å². The van der Waals surface area contributed by atoms with Crippen LogP contribution in [0.2, 0.25) is 0 Å². The van der Waals surface area contributed by atoms with Crippen LogP contribution in [0.1, 0.15) is 115 Å². The lowest BCUT2D eigenvalue weighted by molar-refractivity contribution is 0.332. The van der Waals surface area contributed by atoms with Gasteiger partial charge in [-0.25, -0.2) is 0 Å². The molecule has 0 aromatic heterocycles. The number of hydrogen-bond acceptors (Lipinski definition) is 2. The van der Waals surface area contributed by atoms with Gasteiger partial charge in [-0.05, 0) is 157 Å². The Morgan fingerprint density at radius 2 is 0.952 bits per heavy atom. The molecule has 0 unspecified atom stereocenters. The van der Waals surface area contributed by atoms with Gasteiger partial charge in [0.05, 0.1) is 5.69 Å². The third-order valence-electron chi connectivity index (χ3n) is 14.8. The third-order valence-corrected chi connectivity index (χ3v) is 14.8. The summed E-state index contributed by atoms with van der Waals surface area (Å²) in [5.41, 5.74) is 25.0. The highest BCUT2D eigenvalue weighted by molar-refractivity contribution is 7.00. The molecule has 0 spiro atoms. The van der Waals surface area contributed by atoms with E-state index in [1.54, 1.807) is 0 Å². The SMILES string of the molecule is Cc1cc2c3c(c1)N(c1ccc(C(C)(C)C)cc1-c1ccccc1)c1ccc(-c4ccccc4)cc1B3c1cc3c(cc1N2c1ccc(C(C)(C)C)cc1C)C(C)(C)CCC3(C)C. The van der Waals surface area contributed by atoms with Crippen LogP contribution in [0.5, 0.6) is 0 Å². The van der Waals surface area contributed by atoms with Crippen molar-refractivity contribution in [1.29, 1.82) is 0 Å². The number of aryl methyl sites for hydroxylation is 2. The average Bonchev–Trinajstić information content (AvgIpc) is 3.24. The van der Waals surface area contributed by atoms with Crippen LogP contribution < -0.4 is 26.2 Å². The average molecular weight is 823 g/mol. The molecule has 0 atom stereocenters. The predicted molar refractivity (Wildman–Crippen MR) is 273 cm³/mol. The summed E-state index contributed by atoms with van der Waals surface area (Å²) in [5.74, 6) is 0. The third kappa shape index (κ3) is 6.77.